The van der Waals surface area contributed by atoms with Gasteiger partial charge in [0.05, 0.1) is 11.5 Å². The normalized spacial score (nSPS) is 14.6. The van der Waals surface area contributed by atoms with Crippen LogP contribution in [0.3, 0.4) is 0 Å². The summed E-state index contributed by atoms with van der Waals surface area (Å²) in [6, 6.07) is 5.60. The standard InChI is InChI=1S/C16H19FN2O4S/c1-10(16(22)19-13-6-7-13)23-15(21)9-24-8-14(20)18-12-4-2-11(17)3-5-12/h2-5,10,13H,6-9H2,1H3,(H,18,20)(H,19,22)/t10-/m1/s1. The molecule has 6 nitrogen and oxygen atoms in total. The Hall–Kier alpha value is -2.09. The molecule has 1 aliphatic rings. The zero-order valence-electron chi connectivity index (χ0n) is 13.2. The fourth-order valence-corrected chi connectivity index (χ4v) is 2.38. The predicted molar refractivity (Wildman–Crippen MR) is 89.1 cm³/mol. The Labute approximate surface area is 143 Å². The Bertz CT molecular complexity index is 605. The highest BCUT2D eigenvalue weighted by molar-refractivity contribution is 8.00. The van der Waals surface area contributed by atoms with E-state index in [2.05, 4.69) is 10.6 Å². The molecule has 0 aromatic heterocycles. The van der Waals surface area contributed by atoms with Crippen molar-refractivity contribution in [1.82, 2.24) is 5.32 Å². The van der Waals surface area contributed by atoms with Gasteiger partial charge in [-0.2, -0.15) is 0 Å². The lowest BCUT2D eigenvalue weighted by Gasteiger charge is -2.13. The number of amides is 2. The number of halogens is 1. The SMILES string of the molecule is C[C@@H](OC(=O)CSCC(=O)Nc1ccc(F)cc1)C(=O)NC1CC1. The average molecular weight is 354 g/mol. The number of rotatable bonds is 8. The van der Waals surface area contributed by atoms with Crippen LogP contribution in [0.2, 0.25) is 0 Å². The van der Waals surface area contributed by atoms with Crippen LogP contribution in [0.5, 0.6) is 0 Å². The minimum atomic E-state index is -0.841. The van der Waals surface area contributed by atoms with Gasteiger partial charge in [-0.25, -0.2) is 4.39 Å². The van der Waals surface area contributed by atoms with Gasteiger partial charge in [-0.1, -0.05) is 0 Å². The maximum Gasteiger partial charge on any atom is 0.316 e. The fraction of sp³-hybridized carbons (Fsp3) is 0.438. The van der Waals surface area contributed by atoms with Crippen molar-refractivity contribution in [1.29, 1.82) is 0 Å². The van der Waals surface area contributed by atoms with Crippen molar-refractivity contribution in [2.24, 2.45) is 0 Å². The molecule has 1 aromatic rings. The molecular weight excluding hydrogens is 335 g/mol. The van der Waals surface area contributed by atoms with Crippen LogP contribution in [-0.4, -0.2) is 41.4 Å². The molecule has 0 spiro atoms. The second-order valence-electron chi connectivity index (χ2n) is 5.46. The first kappa shape index (κ1) is 18.3. The molecule has 8 heteroatoms. The minimum Gasteiger partial charge on any atom is -0.452 e. The fourth-order valence-electron chi connectivity index (χ4n) is 1.79. The molecule has 24 heavy (non-hydrogen) atoms. The van der Waals surface area contributed by atoms with E-state index in [1.807, 2.05) is 0 Å². The van der Waals surface area contributed by atoms with E-state index in [4.69, 9.17) is 4.74 Å². The van der Waals surface area contributed by atoms with Crippen molar-refractivity contribution in [3.8, 4) is 0 Å². The third kappa shape index (κ3) is 6.57. The Morgan fingerprint density at radius 1 is 1.25 bits per heavy atom. The van der Waals surface area contributed by atoms with E-state index in [1.165, 1.54) is 31.2 Å². The quantitative estimate of drug-likeness (QED) is 0.694. The molecule has 130 valence electrons. The molecule has 2 amide bonds. The van der Waals surface area contributed by atoms with Gasteiger partial charge < -0.3 is 15.4 Å². The van der Waals surface area contributed by atoms with Crippen LogP contribution in [0.25, 0.3) is 0 Å². The lowest BCUT2D eigenvalue weighted by atomic mass is 10.3. The van der Waals surface area contributed by atoms with E-state index in [9.17, 15) is 18.8 Å². The first-order valence-corrected chi connectivity index (χ1v) is 8.72. The maximum absolute atomic E-state index is 12.8. The third-order valence-corrected chi connectivity index (χ3v) is 4.09. The summed E-state index contributed by atoms with van der Waals surface area (Å²) in [6.45, 7) is 1.52. The summed E-state index contributed by atoms with van der Waals surface area (Å²) in [5.74, 6) is -1.52. The highest BCUT2D eigenvalue weighted by atomic mass is 32.2. The molecule has 2 rings (SSSR count). The molecule has 1 aliphatic carbocycles. The molecule has 1 atom stereocenters. The van der Waals surface area contributed by atoms with Gasteiger partial charge in [0, 0.05) is 11.7 Å². The summed E-state index contributed by atoms with van der Waals surface area (Å²) in [5, 5.41) is 5.34. The highest BCUT2D eigenvalue weighted by Crippen LogP contribution is 2.18. The van der Waals surface area contributed by atoms with Crippen LogP contribution in [0.1, 0.15) is 19.8 Å². The molecule has 2 N–H and O–H groups in total. The topological polar surface area (TPSA) is 84.5 Å². The van der Waals surface area contributed by atoms with Crippen molar-refractivity contribution in [2.45, 2.75) is 31.9 Å². The van der Waals surface area contributed by atoms with E-state index in [1.54, 1.807) is 0 Å². The lowest BCUT2D eigenvalue weighted by Crippen LogP contribution is -2.37. The summed E-state index contributed by atoms with van der Waals surface area (Å²) in [5.41, 5.74) is 0.481. The van der Waals surface area contributed by atoms with E-state index in [0.717, 1.165) is 24.6 Å². The van der Waals surface area contributed by atoms with Crippen LogP contribution < -0.4 is 10.6 Å². The molecular formula is C16H19FN2O4S. The molecule has 0 bridgehead atoms. The summed E-state index contributed by atoms with van der Waals surface area (Å²) < 4.78 is 17.8. The van der Waals surface area contributed by atoms with Gasteiger partial charge in [0.15, 0.2) is 6.10 Å². The Morgan fingerprint density at radius 2 is 1.92 bits per heavy atom. The van der Waals surface area contributed by atoms with E-state index < -0.39 is 12.1 Å². The Kier molecular flexibility index (Phi) is 6.60. The summed E-state index contributed by atoms with van der Waals surface area (Å²) in [6.07, 6.45) is 1.09. The molecule has 0 unspecified atom stereocenters. The van der Waals surface area contributed by atoms with Crippen LogP contribution >= 0.6 is 11.8 Å². The molecule has 1 saturated carbocycles. The highest BCUT2D eigenvalue weighted by Gasteiger charge is 2.27. The third-order valence-electron chi connectivity index (χ3n) is 3.18. The second kappa shape index (κ2) is 8.68. The molecule has 1 fully saturated rings. The number of hydrogen-bond acceptors (Lipinski definition) is 5. The van der Waals surface area contributed by atoms with E-state index >= 15 is 0 Å². The van der Waals surface area contributed by atoms with Crippen LogP contribution in [0.15, 0.2) is 24.3 Å². The van der Waals surface area contributed by atoms with Crippen LogP contribution in [0.4, 0.5) is 10.1 Å². The van der Waals surface area contributed by atoms with E-state index in [0.29, 0.717) is 5.69 Å². The number of ether oxygens (including phenoxy) is 1. The van der Waals surface area contributed by atoms with Gasteiger partial charge in [0.25, 0.3) is 5.91 Å². The number of carbonyl (C=O) groups is 3. The summed E-state index contributed by atoms with van der Waals surface area (Å²) in [4.78, 5) is 35.0. The number of carbonyl (C=O) groups excluding carboxylic acids is 3. The van der Waals surface area contributed by atoms with Crippen LogP contribution in [-0.2, 0) is 19.1 Å². The summed E-state index contributed by atoms with van der Waals surface area (Å²) >= 11 is 1.08. The van der Waals surface area contributed by atoms with Gasteiger partial charge in [0.2, 0.25) is 5.91 Å². The predicted octanol–water partition coefficient (Wildman–Crippen LogP) is 1.71. The zero-order chi connectivity index (χ0) is 17.5. The van der Waals surface area contributed by atoms with Crippen molar-refractivity contribution in [3.05, 3.63) is 30.1 Å². The van der Waals surface area contributed by atoms with Gasteiger partial charge in [-0.05, 0) is 44.0 Å². The molecule has 0 aliphatic heterocycles. The molecule has 0 saturated heterocycles. The van der Waals surface area contributed by atoms with Crippen LogP contribution in [0, 0.1) is 5.82 Å². The monoisotopic (exact) mass is 354 g/mol. The van der Waals surface area contributed by atoms with E-state index in [-0.39, 0.29) is 35.2 Å². The molecule has 0 radical (unpaired) electrons. The number of benzene rings is 1. The number of hydrogen-bond donors (Lipinski definition) is 2. The maximum atomic E-state index is 12.8. The van der Waals surface area contributed by atoms with Crippen molar-refractivity contribution < 1.29 is 23.5 Å². The number of anilines is 1. The zero-order valence-corrected chi connectivity index (χ0v) is 14.0. The number of thioether (sulfide) groups is 1. The summed E-state index contributed by atoms with van der Waals surface area (Å²) in [7, 11) is 0. The van der Waals surface area contributed by atoms with Crippen molar-refractivity contribution in [3.63, 3.8) is 0 Å². The second-order valence-corrected chi connectivity index (χ2v) is 6.45. The smallest absolute Gasteiger partial charge is 0.316 e. The number of nitrogens with one attached hydrogen (secondary N) is 2. The largest absolute Gasteiger partial charge is 0.452 e. The van der Waals surface area contributed by atoms with Gasteiger partial charge >= 0.3 is 5.97 Å². The van der Waals surface area contributed by atoms with Gasteiger partial charge in [-0.3, -0.25) is 14.4 Å². The van der Waals surface area contributed by atoms with Gasteiger partial charge in [-0.15, -0.1) is 11.8 Å². The lowest BCUT2D eigenvalue weighted by molar-refractivity contribution is -0.152. The first-order valence-electron chi connectivity index (χ1n) is 7.57. The van der Waals surface area contributed by atoms with Crippen molar-refractivity contribution >= 4 is 35.2 Å². The Balaban J connectivity index is 1.61. The number of esters is 1. The minimum absolute atomic E-state index is 0.0299. The molecule has 0 heterocycles. The van der Waals surface area contributed by atoms with Crippen molar-refractivity contribution in [2.75, 3.05) is 16.8 Å². The van der Waals surface area contributed by atoms with Gasteiger partial charge in [0.1, 0.15) is 5.82 Å². The first-order chi connectivity index (χ1) is 11.4. The average Bonchev–Trinajstić information content (AvgIpc) is 3.33. The molecule has 1 aromatic carbocycles. The Morgan fingerprint density at radius 3 is 2.54 bits per heavy atom.